The van der Waals surface area contributed by atoms with Gasteiger partial charge in [0.15, 0.2) is 0 Å². The lowest BCUT2D eigenvalue weighted by Gasteiger charge is -2.27. The Balaban J connectivity index is 1.51. The smallest absolute Gasteiger partial charge is 0.296 e. The Labute approximate surface area is 158 Å². The van der Waals surface area contributed by atoms with Gasteiger partial charge in [-0.25, -0.2) is 0 Å². The van der Waals surface area contributed by atoms with E-state index in [0.717, 1.165) is 36.1 Å². The molecule has 0 atom stereocenters. The lowest BCUT2D eigenvalue weighted by atomic mass is 10.1. The molecule has 1 aromatic heterocycles. The maximum Gasteiger partial charge on any atom is 0.296 e. The van der Waals surface area contributed by atoms with Gasteiger partial charge in [-0.1, -0.05) is 42.8 Å². The standard InChI is InChI=1S/C22H23N3O2/c26-21(18-14-23-20-11-5-3-9-17(18)20)22(27)24-19-10-4-2-8-16(19)15-25-12-6-1-7-13-25/h2-5,8-11,14,23H,1,6-7,12-13,15H2,(H,24,27). The van der Waals surface area contributed by atoms with Gasteiger partial charge in [-0.15, -0.1) is 0 Å². The van der Waals surface area contributed by atoms with Crippen LogP contribution < -0.4 is 5.32 Å². The number of H-pyrrole nitrogens is 1. The SMILES string of the molecule is O=C(Nc1ccccc1CN1CCCCC1)C(=O)c1c[nH]c2ccccc12. The Kier molecular flexibility index (Phi) is 5.03. The van der Waals surface area contributed by atoms with E-state index >= 15 is 0 Å². The average molecular weight is 361 g/mol. The summed E-state index contributed by atoms with van der Waals surface area (Å²) in [5, 5.41) is 3.59. The van der Waals surface area contributed by atoms with E-state index in [0.29, 0.717) is 11.3 Å². The van der Waals surface area contributed by atoms with Crippen molar-refractivity contribution >= 4 is 28.3 Å². The number of aromatic amines is 1. The van der Waals surface area contributed by atoms with Crippen LogP contribution in [0, 0.1) is 0 Å². The first-order valence-electron chi connectivity index (χ1n) is 9.44. The maximum atomic E-state index is 12.7. The van der Waals surface area contributed by atoms with E-state index in [2.05, 4.69) is 15.2 Å². The molecule has 2 heterocycles. The molecule has 0 saturated carbocycles. The number of para-hydroxylation sites is 2. The fourth-order valence-electron chi connectivity index (χ4n) is 3.70. The summed E-state index contributed by atoms with van der Waals surface area (Å²) in [5.74, 6) is -1.13. The van der Waals surface area contributed by atoms with E-state index in [4.69, 9.17) is 0 Å². The van der Waals surface area contributed by atoms with Gasteiger partial charge in [0.1, 0.15) is 0 Å². The van der Waals surface area contributed by atoms with E-state index in [1.165, 1.54) is 19.3 Å². The van der Waals surface area contributed by atoms with E-state index in [1.807, 2.05) is 48.5 Å². The number of amides is 1. The fraction of sp³-hybridized carbons (Fsp3) is 0.273. The third kappa shape index (κ3) is 3.78. The van der Waals surface area contributed by atoms with Crippen LogP contribution in [0.15, 0.2) is 54.7 Å². The topological polar surface area (TPSA) is 65.2 Å². The van der Waals surface area contributed by atoms with Crippen LogP contribution in [0.5, 0.6) is 0 Å². The highest BCUT2D eigenvalue weighted by Crippen LogP contribution is 2.22. The third-order valence-electron chi connectivity index (χ3n) is 5.15. The van der Waals surface area contributed by atoms with E-state index in [-0.39, 0.29) is 0 Å². The van der Waals surface area contributed by atoms with Crippen molar-refractivity contribution in [3.05, 3.63) is 65.9 Å². The summed E-state index contributed by atoms with van der Waals surface area (Å²) < 4.78 is 0. The number of anilines is 1. The van der Waals surface area contributed by atoms with Crippen molar-refractivity contribution in [1.82, 2.24) is 9.88 Å². The molecular weight excluding hydrogens is 338 g/mol. The molecule has 5 heteroatoms. The van der Waals surface area contributed by atoms with Crippen molar-refractivity contribution in [3.63, 3.8) is 0 Å². The number of rotatable bonds is 5. The average Bonchev–Trinajstić information content (AvgIpc) is 3.14. The zero-order chi connectivity index (χ0) is 18.6. The quantitative estimate of drug-likeness (QED) is 0.534. The Bertz CT molecular complexity index is 970. The molecule has 0 radical (unpaired) electrons. The molecule has 0 spiro atoms. The summed E-state index contributed by atoms with van der Waals surface area (Å²) in [5.41, 5.74) is 3.00. The first kappa shape index (κ1) is 17.5. The lowest BCUT2D eigenvalue weighted by molar-refractivity contribution is -0.112. The largest absolute Gasteiger partial charge is 0.360 e. The first-order chi connectivity index (χ1) is 13.2. The van der Waals surface area contributed by atoms with Crippen molar-refractivity contribution in [1.29, 1.82) is 0 Å². The molecule has 0 aliphatic carbocycles. The predicted octanol–water partition coefficient (Wildman–Crippen LogP) is 3.98. The number of piperidine rings is 1. The number of nitrogens with zero attached hydrogens (tertiary/aromatic N) is 1. The molecule has 0 bridgehead atoms. The number of likely N-dealkylation sites (tertiary alicyclic amines) is 1. The van der Waals surface area contributed by atoms with Gasteiger partial charge in [0.25, 0.3) is 11.7 Å². The summed E-state index contributed by atoms with van der Waals surface area (Å²) in [6.07, 6.45) is 5.32. The molecule has 1 saturated heterocycles. The zero-order valence-electron chi connectivity index (χ0n) is 15.2. The van der Waals surface area contributed by atoms with Crippen LogP contribution in [0.1, 0.15) is 35.2 Å². The minimum atomic E-state index is -0.606. The van der Waals surface area contributed by atoms with E-state index in [1.54, 1.807) is 6.20 Å². The molecule has 4 rings (SSSR count). The number of Topliss-reactive ketones (excluding diaryl/α,β-unsaturated/α-hetero) is 1. The fourth-order valence-corrected chi connectivity index (χ4v) is 3.70. The van der Waals surface area contributed by atoms with Crippen LogP contribution in [0.3, 0.4) is 0 Å². The zero-order valence-corrected chi connectivity index (χ0v) is 15.2. The van der Waals surface area contributed by atoms with Crippen molar-refractivity contribution in [2.45, 2.75) is 25.8 Å². The van der Waals surface area contributed by atoms with Gasteiger partial charge in [-0.05, 0) is 43.6 Å². The van der Waals surface area contributed by atoms with Crippen LogP contribution >= 0.6 is 0 Å². The number of hydrogen-bond acceptors (Lipinski definition) is 3. The molecule has 0 unspecified atom stereocenters. The number of carbonyl (C=O) groups is 2. The second-order valence-electron chi connectivity index (χ2n) is 7.03. The molecule has 1 aliphatic rings. The summed E-state index contributed by atoms with van der Waals surface area (Å²) >= 11 is 0. The lowest BCUT2D eigenvalue weighted by Crippen LogP contribution is -2.30. The molecule has 2 aromatic carbocycles. The summed E-state index contributed by atoms with van der Waals surface area (Å²) in [6, 6.07) is 15.2. The van der Waals surface area contributed by atoms with Gasteiger partial charge in [0.2, 0.25) is 0 Å². The highest BCUT2D eigenvalue weighted by molar-refractivity contribution is 6.48. The molecule has 2 N–H and O–H groups in total. The molecule has 5 nitrogen and oxygen atoms in total. The highest BCUT2D eigenvalue weighted by Gasteiger charge is 2.21. The van der Waals surface area contributed by atoms with Crippen LogP contribution in [-0.4, -0.2) is 34.7 Å². The molecule has 1 fully saturated rings. The van der Waals surface area contributed by atoms with Crippen molar-refractivity contribution < 1.29 is 9.59 Å². The van der Waals surface area contributed by atoms with E-state index in [9.17, 15) is 9.59 Å². The monoisotopic (exact) mass is 361 g/mol. The van der Waals surface area contributed by atoms with Crippen molar-refractivity contribution in [2.75, 3.05) is 18.4 Å². The Morgan fingerprint density at radius 3 is 2.56 bits per heavy atom. The van der Waals surface area contributed by atoms with Crippen LogP contribution in [0.4, 0.5) is 5.69 Å². The number of hydrogen-bond donors (Lipinski definition) is 2. The Morgan fingerprint density at radius 2 is 1.70 bits per heavy atom. The second kappa shape index (κ2) is 7.76. The van der Waals surface area contributed by atoms with Crippen LogP contribution in [0.2, 0.25) is 0 Å². The minimum absolute atomic E-state index is 0.400. The Hall–Kier alpha value is -2.92. The number of aromatic nitrogens is 1. The van der Waals surface area contributed by atoms with Crippen molar-refractivity contribution in [2.24, 2.45) is 0 Å². The van der Waals surface area contributed by atoms with Gasteiger partial charge >= 0.3 is 0 Å². The van der Waals surface area contributed by atoms with Crippen molar-refractivity contribution in [3.8, 4) is 0 Å². The number of benzene rings is 2. The molecule has 1 amide bonds. The normalized spacial score (nSPS) is 15.0. The highest BCUT2D eigenvalue weighted by atomic mass is 16.2. The number of fused-ring (bicyclic) bond motifs is 1. The Morgan fingerprint density at radius 1 is 0.963 bits per heavy atom. The summed E-state index contributed by atoms with van der Waals surface area (Å²) in [7, 11) is 0. The molecular formula is C22H23N3O2. The van der Waals surface area contributed by atoms with Gasteiger partial charge in [-0.3, -0.25) is 14.5 Å². The minimum Gasteiger partial charge on any atom is -0.360 e. The van der Waals surface area contributed by atoms with Crippen LogP contribution in [0.25, 0.3) is 10.9 Å². The second-order valence-corrected chi connectivity index (χ2v) is 7.03. The molecule has 138 valence electrons. The van der Waals surface area contributed by atoms with Crippen LogP contribution in [-0.2, 0) is 11.3 Å². The number of carbonyl (C=O) groups excluding carboxylic acids is 2. The predicted molar refractivity (Wildman–Crippen MR) is 107 cm³/mol. The molecule has 1 aliphatic heterocycles. The third-order valence-corrected chi connectivity index (χ3v) is 5.15. The van der Waals surface area contributed by atoms with E-state index < -0.39 is 11.7 Å². The van der Waals surface area contributed by atoms with Gasteiger partial charge in [0.05, 0.1) is 5.56 Å². The van der Waals surface area contributed by atoms with Gasteiger partial charge in [-0.2, -0.15) is 0 Å². The molecule has 3 aromatic rings. The summed E-state index contributed by atoms with van der Waals surface area (Å²) in [4.78, 5) is 30.7. The van der Waals surface area contributed by atoms with Gasteiger partial charge < -0.3 is 10.3 Å². The maximum absolute atomic E-state index is 12.7. The molecule has 27 heavy (non-hydrogen) atoms. The first-order valence-corrected chi connectivity index (χ1v) is 9.44. The summed E-state index contributed by atoms with van der Waals surface area (Å²) in [6.45, 7) is 2.95. The van der Waals surface area contributed by atoms with Gasteiger partial charge in [0, 0.05) is 29.3 Å². The number of nitrogens with one attached hydrogen (secondary N) is 2. The number of ketones is 1.